The number of imide groups is 2. The average molecular weight is 489 g/mol. The Balaban J connectivity index is 1.46. The molecule has 0 aromatic rings. The quantitative estimate of drug-likeness (QED) is 0.418. The van der Waals surface area contributed by atoms with E-state index in [9.17, 15) is 28.8 Å². The van der Waals surface area contributed by atoms with E-state index < -0.39 is 44.7 Å². The van der Waals surface area contributed by atoms with Crippen molar-refractivity contribution in [2.24, 2.45) is 0 Å². The molecule has 0 radical (unpaired) electrons. The second-order valence-corrected chi connectivity index (χ2v) is 9.66. The van der Waals surface area contributed by atoms with Crippen molar-refractivity contribution in [1.29, 1.82) is 0 Å². The van der Waals surface area contributed by atoms with Gasteiger partial charge >= 0.3 is 11.9 Å². The molecule has 4 amide bonds. The predicted octanol–water partition coefficient (Wildman–Crippen LogP) is -0.227. The summed E-state index contributed by atoms with van der Waals surface area (Å²) in [6.07, 6.45) is -0.300. The third kappa shape index (κ3) is 5.60. The van der Waals surface area contributed by atoms with E-state index in [-0.39, 0.29) is 26.2 Å². The molecule has 14 heteroatoms. The molecule has 176 valence electrons. The number of hydrogen-bond acceptors (Lipinski definition) is 12. The van der Waals surface area contributed by atoms with Crippen LogP contribution in [0.5, 0.6) is 0 Å². The number of nitrogens with zero attached hydrogens (tertiary/aromatic N) is 4. The van der Waals surface area contributed by atoms with Crippen LogP contribution in [-0.4, -0.2) is 118 Å². The lowest BCUT2D eigenvalue weighted by Gasteiger charge is -2.37. The molecule has 0 aliphatic carbocycles. The van der Waals surface area contributed by atoms with Gasteiger partial charge in [-0.25, -0.2) is 0 Å². The summed E-state index contributed by atoms with van der Waals surface area (Å²) in [4.78, 5) is 78.3. The third-order valence-corrected chi connectivity index (χ3v) is 7.47. The number of carbonyl (C=O) groups is 6. The summed E-state index contributed by atoms with van der Waals surface area (Å²) < 4.78 is 9.13. The van der Waals surface area contributed by atoms with E-state index in [0.717, 1.165) is 33.3 Å². The largest absolute Gasteiger partial charge is 0.469 e. The SMILES string of the molecule is COC(=O)C[C@@H]1SC(=O)N(CN2CCN(CN3C(=O)S[C@@H](CC(=O)OC)C3=O)CC2)C1=O. The Kier molecular flexibility index (Phi) is 8.14. The molecule has 0 aromatic carbocycles. The zero-order valence-corrected chi connectivity index (χ0v) is 19.3. The number of methoxy groups -OCH3 is 2. The number of carbonyl (C=O) groups excluding carboxylic acids is 6. The second-order valence-electron chi connectivity index (χ2n) is 7.36. The molecule has 0 saturated carbocycles. The van der Waals surface area contributed by atoms with E-state index in [1.54, 1.807) is 0 Å². The van der Waals surface area contributed by atoms with E-state index in [4.69, 9.17) is 0 Å². The molecule has 12 nitrogen and oxygen atoms in total. The van der Waals surface area contributed by atoms with E-state index in [1.807, 2.05) is 9.80 Å². The summed E-state index contributed by atoms with van der Waals surface area (Å²) in [5, 5.41) is -2.32. The minimum absolute atomic E-state index is 0.120. The topological polar surface area (TPSA) is 134 Å². The number of rotatable bonds is 8. The minimum atomic E-state index is -0.765. The van der Waals surface area contributed by atoms with Crippen LogP contribution in [0.15, 0.2) is 0 Å². The highest BCUT2D eigenvalue weighted by molar-refractivity contribution is 8.15. The molecule has 0 aromatic heterocycles. The number of piperazine rings is 1. The van der Waals surface area contributed by atoms with Crippen LogP contribution in [-0.2, 0) is 28.7 Å². The first kappa shape index (κ1) is 24.5. The standard InChI is InChI=1S/C18H24N4O8S2/c1-29-13(23)7-11-15(25)21(17(27)31-11)9-19-3-5-20(6-4-19)10-22-16(26)12(32-18(22)28)8-14(24)30-2/h11-12H,3-10H2,1-2H3/t11-,12-/m0/s1. The van der Waals surface area contributed by atoms with Crippen molar-refractivity contribution in [3.8, 4) is 0 Å². The van der Waals surface area contributed by atoms with Crippen LogP contribution in [0.25, 0.3) is 0 Å². The van der Waals surface area contributed by atoms with Crippen molar-refractivity contribution < 1.29 is 38.2 Å². The Bertz CT molecular complexity index is 751. The molecule has 0 spiro atoms. The Hall–Kier alpha value is -2.16. The summed E-state index contributed by atoms with van der Waals surface area (Å²) in [5.74, 6) is -1.90. The number of hydrogen-bond donors (Lipinski definition) is 0. The van der Waals surface area contributed by atoms with Gasteiger partial charge in [-0.1, -0.05) is 23.5 Å². The van der Waals surface area contributed by atoms with Gasteiger partial charge in [0, 0.05) is 26.2 Å². The summed E-state index contributed by atoms with van der Waals surface area (Å²) in [7, 11) is 2.46. The first-order valence-electron chi connectivity index (χ1n) is 9.85. The van der Waals surface area contributed by atoms with Crippen molar-refractivity contribution >= 4 is 57.8 Å². The van der Waals surface area contributed by atoms with Gasteiger partial charge in [0.15, 0.2) is 0 Å². The molecular formula is C18H24N4O8S2. The van der Waals surface area contributed by atoms with Gasteiger partial charge in [0.25, 0.3) is 10.5 Å². The molecule has 2 atom stereocenters. The summed E-state index contributed by atoms with van der Waals surface area (Å²) >= 11 is 1.65. The molecule has 32 heavy (non-hydrogen) atoms. The Morgan fingerprint density at radius 1 is 0.750 bits per heavy atom. The first-order chi connectivity index (χ1) is 15.2. The fourth-order valence-corrected chi connectivity index (χ4v) is 5.39. The van der Waals surface area contributed by atoms with Crippen LogP contribution < -0.4 is 0 Å². The van der Waals surface area contributed by atoms with Crippen molar-refractivity contribution in [3.05, 3.63) is 0 Å². The molecular weight excluding hydrogens is 464 g/mol. The maximum absolute atomic E-state index is 12.5. The van der Waals surface area contributed by atoms with E-state index >= 15 is 0 Å². The van der Waals surface area contributed by atoms with Gasteiger partial charge in [-0.3, -0.25) is 48.4 Å². The summed E-state index contributed by atoms with van der Waals surface area (Å²) in [6.45, 7) is 2.34. The molecule has 3 rings (SSSR count). The van der Waals surface area contributed by atoms with Gasteiger partial charge < -0.3 is 9.47 Å². The lowest BCUT2D eigenvalue weighted by Crippen LogP contribution is -2.53. The number of esters is 2. The van der Waals surface area contributed by atoms with Gasteiger partial charge in [-0.2, -0.15) is 0 Å². The molecule has 0 unspecified atom stereocenters. The van der Waals surface area contributed by atoms with Crippen LogP contribution in [0.3, 0.4) is 0 Å². The normalized spacial score (nSPS) is 25.1. The Labute approximate surface area is 192 Å². The lowest BCUT2D eigenvalue weighted by atomic mass is 10.2. The van der Waals surface area contributed by atoms with E-state index in [0.29, 0.717) is 26.2 Å². The van der Waals surface area contributed by atoms with Gasteiger partial charge in [0.1, 0.15) is 10.5 Å². The highest BCUT2D eigenvalue weighted by Gasteiger charge is 2.43. The van der Waals surface area contributed by atoms with Crippen LogP contribution >= 0.6 is 23.5 Å². The highest BCUT2D eigenvalue weighted by atomic mass is 32.2. The second kappa shape index (κ2) is 10.6. The number of thioether (sulfide) groups is 2. The lowest BCUT2D eigenvalue weighted by molar-refractivity contribution is -0.143. The molecule has 0 bridgehead atoms. The monoisotopic (exact) mass is 488 g/mol. The molecule has 3 aliphatic rings. The van der Waals surface area contributed by atoms with Crippen molar-refractivity contribution in [1.82, 2.24) is 19.6 Å². The van der Waals surface area contributed by atoms with Gasteiger partial charge in [0.05, 0.1) is 40.4 Å². The highest BCUT2D eigenvalue weighted by Crippen LogP contribution is 2.31. The Morgan fingerprint density at radius 2 is 1.09 bits per heavy atom. The van der Waals surface area contributed by atoms with Crippen molar-refractivity contribution in [3.63, 3.8) is 0 Å². The van der Waals surface area contributed by atoms with Crippen LogP contribution in [0, 0.1) is 0 Å². The predicted molar refractivity (Wildman–Crippen MR) is 113 cm³/mol. The van der Waals surface area contributed by atoms with Gasteiger partial charge in [0.2, 0.25) is 11.8 Å². The molecule has 3 fully saturated rings. The van der Waals surface area contributed by atoms with E-state index in [2.05, 4.69) is 9.47 Å². The Morgan fingerprint density at radius 3 is 1.41 bits per heavy atom. The zero-order valence-electron chi connectivity index (χ0n) is 17.7. The van der Waals surface area contributed by atoms with Crippen LogP contribution in [0.4, 0.5) is 9.59 Å². The van der Waals surface area contributed by atoms with Crippen LogP contribution in [0.2, 0.25) is 0 Å². The molecule has 3 heterocycles. The molecule has 3 saturated heterocycles. The average Bonchev–Trinajstić information content (AvgIpc) is 3.18. The third-order valence-electron chi connectivity index (χ3n) is 5.32. The fourth-order valence-electron chi connectivity index (χ4n) is 3.45. The maximum atomic E-state index is 12.5. The van der Waals surface area contributed by atoms with Crippen molar-refractivity contribution in [2.75, 3.05) is 53.7 Å². The van der Waals surface area contributed by atoms with Gasteiger partial charge in [-0.05, 0) is 0 Å². The molecule has 3 aliphatic heterocycles. The maximum Gasteiger partial charge on any atom is 0.307 e. The number of ether oxygens (including phenoxy) is 2. The van der Waals surface area contributed by atoms with Crippen LogP contribution in [0.1, 0.15) is 12.8 Å². The summed E-state index contributed by atoms with van der Waals surface area (Å²) in [6, 6.07) is 0. The van der Waals surface area contributed by atoms with Crippen molar-refractivity contribution in [2.45, 2.75) is 23.3 Å². The smallest absolute Gasteiger partial charge is 0.307 e. The summed E-state index contributed by atoms with van der Waals surface area (Å²) in [5.41, 5.74) is 0. The molecule has 0 N–H and O–H groups in total. The minimum Gasteiger partial charge on any atom is -0.469 e. The van der Waals surface area contributed by atoms with Gasteiger partial charge in [-0.15, -0.1) is 0 Å². The van der Waals surface area contributed by atoms with E-state index in [1.165, 1.54) is 14.2 Å². The first-order valence-corrected chi connectivity index (χ1v) is 11.6. The number of amides is 4. The zero-order chi connectivity index (χ0) is 23.4. The fraction of sp³-hybridized carbons (Fsp3) is 0.667.